The molecule has 5 nitrogen and oxygen atoms in total. The molecule has 5 heteroatoms. The first-order valence-electron chi connectivity index (χ1n) is 8.63. The van der Waals surface area contributed by atoms with Crippen molar-refractivity contribution in [1.29, 1.82) is 0 Å². The van der Waals surface area contributed by atoms with Crippen LogP contribution in [0.2, 0.25) is 0 Å². The molecular formula is C22H17N3O2. The van der Waals surface area contributed by atoms with Gasteiger partial charge < -0.3 is 5.32 Å². The highest BCUT2D eigenvalue weighted by Gasteiger charge is 2.13. The lowest BCUT2D eigenvalue weighted by Gasteiger charge is -2.14. The molecule has 4 rings (SSSR count). The highest BCUT2D eigenvalue weighted by molar-refractivity contribution is 5.94. The Morgan fingerprint density at radius 2 is 1.48 bits per heavy atom. The predicted molar refractivity (Wildman–Crippen MR) is 105 cm³/mol. The minimum Gasteiger partial charge on any atom is -0.345 e. The second-order valence-corrected chi connectivity index (χ2v) is 6.07. The molecule has 0 radical (unpaired) electrons. The van der Waals surface area contributed by atoms with Crippen molar-refractivity contribution in [3.05, 3.63) is 107 Å². The lowest BCUT2D eigenvalue weighted by atomic mass is 10.2. The fourth-order valence-electron chi connectivity index (χ4n) is 2.99. The molecule has 0 saturated carbocycles. The Hall–Kier alpha value is -3.73. The van der Waals surface area contributed by atoms with Gasteiger partial charge in [-0.1, -0.05) is 48.5 Å². The number of rotatable bonds is 4. The molecular weight excluding hydrogens is 338 g/mol. The van der Waals surface area contributed by atoms with Crippen LogP contribution in [0, 0.1) is 0 Å². The summed E-state index contributed by atoms with van der Waals surface area (Å²) in [5, 5.41) is 3.40. The van der Waals surface area contributed by atoms with Gasteiger partial charge in [-0.3, -0.25) is 14.2 Å². The van der Waals surface area contributed by atoms with Crippen LogP contribution in [0.4, 0.5) is 0 Å². The van der Waals surface area contributed by atoms with E-state index in [4.69, 9.17) is 0 Å². The Morgan fingerprint density at radius 1 is 0.852 bits per heavy atom. The molecule has 0 aliphatic heterocycles. The van der Waals surface area contributed by atoms with Crippen molar-refractivity contribution in [3.63, 3.8) is 0 Å². The Kier molecular flexibility index (Phi) is 4.49. The van der Waals surface area contributed by atoms with Gasteiger partial charge in [-0.2, -0.15) is 0 Å². The van der Waals surface area contributed by atoms with Gasteiger partial charge in [-0.05, 0) is 36.4 Å². The number of hydrogen-bond acceptors (Lipinski definition) is 3. The van der Waals surface area contributed by atoms with Gasteiger partial charge in [0.25, 0.3) is 11.5 Å². The van der Waals surface area contributed by atoms with E-state index in [1.807, 2.05) is 60.7 Å². The molecule has 3 aromatic carbocycles. The van der Waals surface area contributed by atoms with E-state index < -0.39 is 0 Å². The van der Waals surface area contributed by atoms with Gasteiger partial charge in [0.1, 0.15) is 5.82 Å². The van der Waals surface area contributed by atoms with Crippen molar-refractivity contribution in [3.8, 4) is 5.69 Å². The van der Waals surface area contributed by atoms with Gasteiger partial charge >= 0.3 is 0 Å². The summed E-state index contributed by atoms with van der Waals surface area (Å²) < 4.78 is 1.55. The molecule has 132 valence electrons. The summed E-state index contributed by atoms with van der Waals surface area (Å²) in [6, 6.07) is 25.5. The van der Waals surface area contributed by atoms with Crippen LogP contribution in [0.15, 0.2) is 89.7 Å². The minimum absolute atomic E-state index is 0.142. The quantitative estimate of drug-likeness (QED) is 0.611. The number of amides is 1. The molecule has 27 heavy (non-hydrogen) atoms. The Bertz CT molecular complexity index is 1150. The van der Waals surface area contributed by atoms with E-state index in [2.05, 4.69) is 10.3 Å². The fraction of sp³-hybridized carbons (Fsp3) is 0.0455. The van der Waals surface area contributed by atoms with Crippen molar-refractivity contribution in [2.45, 2.75) is 6.54 Å². The van der Waals surface area contributed by atoms with Crippen LogP contribution in [-0.2, 0) is 6.54 Å². The van der Waals surface area contributed by atoms with E-state index in [1.54, 1.807) is 28.8 Å². The number of benzene rings is 3. The van der Waals surface area contributed by atoms with Crippen LogP contribution in [0.1, 0.15) is 16.2 Å². The van der Waals surface area contributed by atoms with Gasteiger partial charge in [0, 0.05) is 5.56 Å². The summed E-state index contributed by atoms with van der Waals surface area (Å²) in [4.78, 5) is 30.1. The molecule has 0 fully saturated rings. The largest absolute Gasteiger partial charge is 0.345 e. The van der Waals surface area contributed by atoms with Crippen LogP contribution in [-0.4, -0.2) is 15.5 Å². The Balaban J connectivity index is 1.77. The fourth-order valence-corrected chi connectivity index (χ4v) is 2.99. The van der Waals surface area contributed by atoms with E-state index >= 15 is 0 Å². The molecule has 1 heterocycles. The summed E-state index contributed by atoms with van der Waals surface area (Å²) in [6.45, 7) is 0.142. The van der Waals surface area contributed by atoms with Crippen LogP contribution in [0.25, 0.3) is 16.6 Å². The molecule has 0 aliphatic carbocycles. The lowest BCUT2D eigenvalue weighted by Crippen LogP contribution is -2.30. The normalized spacial score (nSPS) is 10.7. The van der Waals surface area contributed by atoms with E-state index in [-0.39, 0.29) is 18.0 Å². The summed E-state index contributed by atoms with van der Waals surface area (Å²) in [6.07, 6.45) is 0. The SMILES string of the molecule is O=C(NCc1nc2ccccc2c(=O)n1-c1ccccc1)c1ccccc1. The molecule has 0 spiro atoms. The second kappa shape index (κ2) is 7.25. The maximum absolute atomic E-state index is 13.1. The predicted octanol–water partition coefficient (Wildman–Crippen LogP) is 3.32. The van der Waals surface area contributed by atoms with Crippen LogP contribution in [0.5, 0.6) is 0 Å². The first kappa shape index (κ1) is 16.7. The van der Waals surface area contributed by atoms with Gasteiger partial charge in [0.2, 0.25) is 0 Å². The first-order valence-corrected chi connectivity index (χ1v) is 8.63. The lowest BCUT2D eigenvalue weighted by molar-refractivity contribution is 0.0949. The Labute approximate surface area is 155 Å². The van der Waals surface area contributed by atoms with Crippen LogP contribution >= 0.6 is 0 Å². The highest BCUT2D eigenvalue weighted by atomic mass is 16.1. The van der Waals surface area contributed by atoms with E-state index in [1.165, 1.54) is 0 Å². The van der Waals surface area contributed by atoms with Crippen molar-refractivity contribution < 1.29 is 4.79 Å². The number of nitrogens with one attached hydrogen (secondary N) is 1. The molecule has 1 aromatic heterocycles. The van der Waals surface area contributed by atoms with Crippen molar-refractivity contribution in [1.82, 2.24) is 14.9 Å². The summed E-state index contributed by atoms with van der Waals surface area (Å²) in [5.74, 6) is 0.270. The maximum Gasteiger partial charge on any atom is 0.266 e. The van der Waals surface area contributed by atoms with E-state index in [0.29, 0.717) is 28.0 Å². The zero-order valence-electron chi connectivity index (χ0n) is 14.5. The van der Waals surface area contributed by atoms with Crippen molar-refractivity contribution in [2.75, 3.05) is 0 Å². The molecule has 0 bridgehead atoms. The summed E-state index contributed by atoms with van der Waals surface area (Å²) in [7, 11) is 0. The molecule has 0 unspecified atom stereocenters. The third-order valence-electron chi connectivity index (χ3n) is 4.30. The number of carbonyl (C=O) groups is 1. The molecule has 4 aromatic rings. The number of hydrogen-bond donors (Lipinski definition) is 1. The zero-order valence-corrected chi connectivity index (χ0v) is 14.5. The summed E-state index contributed by atoms with van der Waals surface area (Å²) in [5.41, 5.74) is 1.73. The van der Waals surface area contributed by atoms with E-state index in [9.17, 15) is 9.59 Å². The maximum atomic E-state index is 13.1. The second-order valence-electron chi connectivity index (χ2n) is 6.07. The Morgan fingerprint density at radius 3 is 2.22 bits per heavy atom. The summed E-state index contributed by atoms with van der Waals surface area (Å²) >= 11 is 0. The van der Waals surface area contributed by atoms with Gasteiger partial charge in [0.15, 0.2) is 0 Å². The molecule has 0 aliphatic rings. The van der Waals surface area contributed by atoms with Crippen LogP contribution in [0.3, 0.4) is 0 Å². The molecule has 1 N–H and O–H groups in total. The standard InChI is InChI=1S/C22H17N3O2/c26-21(16-9-3-1-4-10-16)23-15-20-24-19-14-8-7-13-18(19)22(27)25(20)17-11-5-2-6-12-17/h1-14H,15H2,(H,23,26). The molecule has 0 saturated heterocycles. The average Bonchev–Trinajstić information content (AvgIpc) is 2.73. The third kappa shape index (κ3) is 3.35. The topological polar surface area (TPSA) is 64.0 Å². The van der Waals surface area contributed by atoms with Crippen LogP contribution < -0.4 is 10.9 Å². The highest BCUT2D eigenvalue weighted by Crippen LogP contribution is 2.13. The molecule has 1 amide bonds. The monoisotopic (exact) mass is 355 g/mol. The average molecular weight is 355 g/mol. The van der Waals surface area contributed by atoms with Crippen molar-refractivity contribution in [2.24, 2.45) is 0 Å². The van der Waals surface area contributed by atoms with Gasteiger partial charge in [-0.25, -0.2) is 4.98 Å². The third-order valence-corrected chi connectivity index (χ3v) is 4.30. The van der Waals surface area contributed by atoms with Gasteiger partial charge in [0.05, 0.1) is 23.1 Å². The molecule has 0 atom stereocenters. The smallest absolute Gasteiger partial charge is 0.266 e. The first-order chi connectivity index (χ1) is 13.2. The minimum atomic E-state index is -0.211. The zero-order chi connectivity index (χ0) is 18.6. The number of fused-ring (bicyclic) bond motifs is 1. The van der Waals surface area contributed by atoms with Gasteiger partial charge in [-0.15, -0.1) is 0 Å². The number of carbonyl (C=O) groups excluding carboxylic acids is 1. The number of para-hydroxylation sites is 2. The number of nitrogens with zero attached hydrogens (tertiary/aromatic N) is 2. The number of aromatic nitrogens is 2. The van der Waals surface area contributed by atoms with E-state index in [0.717, 1.165) is 0 Å². The van der Waals surface area contributed by atoms with Crippen molar-refractivity contribution >= 4 is 16.8 Å².